The highest BCUT2D eigenvalue weighted by molar-refractivity contribution is 5.66. The quantitative estimate of drug-likeness (QED) is 0.153. The molecule has 0 spiro atoms. The van der Waals surface area contributed by atoms with Crippen LogP contribution in [0.4, 0.5) is 0 Å². The van der Waals surface area contributed by atoms with Gasteiger partial charge in [0.15, 0.2) is 31.0 Å². The van der Waals surface area contributed by atoms with E-state index in [-0.39, 0.29) is 0 Å². The molecule has 5 aromatic heterocycles. The highest BCUT2D eigenvalue weighted by Crippen LogP contribution is 2.26. The predicted molar refractivity (Wildman–Crippen MR) is 322 cm³/mol. The monoisotopic (exact) mass is 1030 g/mol. The van der Waals surface area contributed by atoms with Crippen molar-refractivity contribution in [3.8, 4) is 56.3 Å². The zero-order chi connectivity index (χ0) is 63.4. The molecule has 0 fully saturated rings. The Hall–Kier alpha value is -8.15. The molecule has 10 aromatic rings. The summed E-state index contributed by atoms with van der Waals surface area (Å²) in [4.78, 5) is 0. The molecule has 10 rings (SSSR count). The second-order valence-electron chi connectivity index (χ2n) is 20.1. The SMILES string of the molecule is Cc1cc[n+](C)c(-c2ccccc2C)c1.Cc1ccccc1-c1c(C)ccc[n+]1C.[2H]C([2H])([2H])c1c[n+](C)c(-c2ccccc2C)cc1C.[2H]C([2H])([2H])c1cc(C)c(-c2ccccc2C)[n+](C)c1.[2H]C([2H])([2H])c1ccc(-c2ccccc2C)[n+](C)c1. The van der Waals surface area contributed by atoms with Crippen LogP contribution in [0.2, 0.25) is 0 Å². The van der Waals surface area contributed by atoms with Crippen LogP contribution in [-0.4, -0.2) is 0 Å². The van der Waals surface area contributed by atoms with Gasteiger partial charge in [-0.05, 0) is 170 Å². The maximum Gasteiger partial charge on any atom is 0.215 e. The van der Waals surface area contributed by atoms with Crippen molar-refractivity contribution in [3.05, 3.63) is 268 Å². The number of nitrogens with zero attached hydrogens (tertiary/aromatic N) is 5. The maximum atomic E-state index is 7.55. The molecule has 0 aliphatic carbocycles. The second-order valence-corrected chi connectivity index (χ2v) is 20.1. The Bertz CT molecular complexity index is 3930. The summed E-state index contributed by atoms with van der Waals surface area (Å²) in [6, 6.07) is 57.1. The maximum absolute atomic E-state index is 7.55. The van der Waals surface area contributed by atoms with Gasteiger partial charge in [-0.1, -0.05) is 91.0 Å². The van der Waals surface area contributed by atoms with Crippen LogP contribution in [0.3, 0.4) is 0 Å². The second kappa shape index (κ2) is 27.1. The van der Waals surface area contributed by atoms with E-state index in [1.807, 2.05) is 116 Å². The third kappa shape index (κ3) is 15.3. The van der Waals surface area contributed by atoms with Crippen LogP contribution in [0.15, 0.2) is 201 Å². The lowest BCUT2D eigenvalue weighted by Gasteiger charge is -2.07. The van der Waals surface area contributed by atoms with E-state index in [4.69, 9.17) is 12.3 Å². The van der Waals surface area contributed by atoms with Crippen molar-refractivity contribution in [2.75, 3.05) is 0 Å². The van der Waals surface area contributed by atoms with E-state index in [2.05, 4.69) is 174 Å². The Balaban J connectivity index is 0.000000173. The number of aryl methyl sites for hydroxylation is 17. The van der Waals surface area contributed by atoms with Crippen molar-refractivity contribution in [1.82, 2.24) is 0 Å². The van der Waals surface area contributed by atoms with Gasteiger partial charge >= 0.3 is 0 Å². The van der Waals surface area contributed by atoms with Crippen LogP contribution >= 0.6 is 0 Å². The van der Waals surface area contributed by atoms with Crippen molar-refractivity contribution in [2.24, 2.45) is 35.2 Å². The predicted octanol–water partition coefficient (Wildman–Crippen LogP) is 14.6. The topological polar surface area (TPSA) is 19.4 Å². The Labute approximate surface area is 475 Å². The van der Waals surface area contributed by atoms with Crippen molar-refractivity contribution in [2.45, 2.75) is 82.9 Å². The molecule has 0 saturated heterocycles. The van der Waals surface area contributed by atoms with Gasteiger partial charge in [-0.2, -0.15) is 0 Å². The van der Waals surface area contributed by atoms with Gasteiger partial charge in [0.1, 0.15) is 35.2 Å². The summed E-state index contributed by atoms with van der Waals surface area (Å²) < 4.78 is 77.4. The minimum Gasteiger partial charge on any atom is -0.201 e. The van der Waals surface area contributed by atoms with E-state index in [0.717, 1.165) is 44.9 Å². The first-order valence-electron chi connectivity index (χ1n) is 30.6. The molecule has 0 aliphatic heterocycles. The molecule has 0 unspecified atom stereocenters. The first kappa shape index (κ1) is 46.2. The fourth-order valence-electron chi connectivity index (χ4n) is 9.55. The van der Waals surface area contributed by atoms with Gasteiger partial charge in [0.05, 0.1) is 0 Å². The van der Waals surface area contributed by atoms with Crippen LogP contribution < -0.4 is 22.8 Å². The summed E-state index contributed by atoms with van der Waals surface area (Å²) in [6.07, 6.45) is 9.28. The average molecular weight is 1030 g/mol. The minimum atomic E-state index is -2.06. The van der Waals surface area contributed by atoms with Gasteiger partial charge in [-0.25, -0.2) is 22.8 Å². The van der Waals surface area contributed by atoms with Gasteiger partial charge in [0, 0.05) is 98.3 Å². The van der Waals surface area contributed by atoms with Crippen LogP contribution in [0.1, 0.15) is 79.1 Å². The minimum absolute atomic E-state index is 0.363. The van der Waals surface area contributed by atoms with Crippen LogP contribution in [0.5, 0.6) is 0 Å². The normalized spacial score (nSPS) is 12.6. The Morgan fingerprint density at radius 1 is 0.260 bits per heavy atom. The number of benzene rings is 5. The smallest absolute Gasteiger partial charge is 0.201 e. The lowest BCUT2D eigenvalue weighted by molar-refractivity contribution is -0.661. The molecule has 0 amide bonds. The van der Waals surface area contributed by atoms with E-state index in [1.54, 1.807) is 30.7 Å². The van der Waals surface area contributed by atoms with E-state index in [0.29, 0.717) is 16.7 Å². The Kier molecular flexibility index (Phi) is 16.2. The van der Waals surface area contributed by atoms with Crippen molar-refractivity contribution in [1.29, 1.82) is 0 Å². The van der Waals surface area contributed by atoms with E-state index < -0.39 is 20.6 Å². The van der Waals surface area contributed by atoms with Crippen molar-refractivity contribution in [3.63, 3.8) is 0 Å². The van der Waals surface area contributed by atoms with Gasteiger partial charge < -0.3 is 0 Å². The van der Waals surface area contributed by atoms with Gasteiger partial charge in [0.25, 0.3) is 0 Å². The molecule has 0 atom stereocenters. The molecule has 0 bridgehead atoms. The number of rotatable bonds is 5. The Morgan fingerprint density at radius 3 is 1.14 bits per heavy atom. The molecular formula is C72H84N5+5. The first-order valence-corrected chi connectivity index (χ1v) is 26.1. The summed E-state index contributed by atoms with van der Waals surface area (Å²) in [5.41, 5.74) is 23.4. The van der Waals surface area contributed by atoms with Crippen molar-refractivity contribution < 1.29 is 35.2 Å². The number of hydrogen-bond acceptors (Lipinski definition) is 0. The largest absolute Gasteiger partial charge is 0.215 e. The van der Waals surface area contributed by atoms with Crippen molar-refractivity contribution >= 4 is 0 Å². The molecule has 0 radical (unpaired) electrons. The molecular weight excluding hydrogens is 935 g/mol. The number of hydrogen-bond donors (Lipinski definition) is 0. The van der Waals surface area contributed by atoms with E-state index >= 15 is 0 Å². The zero-order valence-corrected chi connectivity index (χ0v) is 47.8. The highest BCUT2D eigenvalue weighted by Gasteiger charge is 2.18. The highest BCUT2D eigenvalue weighted by atomic mass is 14.9. The van der Waals surface area contributed by atoms with E-state index in [1.165, 1.54) is 61.5 Å². The van der Waals surface area contributed by atoms with Gasteiger partial charge in [-0.3, -0.25) is 0 Å². The van der Waals surface area contributed by atoms with Gasteiger partial charge in [0.2, 0.25) is 28.5 Å². The standard InChI is InChI=1S/2C15H18N.3C14H16N/c1-11-9-13(3)15(16(4)10-11)14-8-6-5-7-12(14)2;1-11-7-5-6-8-14(11)15-9-12(2)13(3)10-16(15)4;1-11-7-4-5-9-13(11)14-12(2)8-6-10-15(14)3;1-11-8-9-15(3)14(10-11)13-7-5-4-6-12(13)2;1-11-8-9-14(15(3)10-11)13-7-5-4-6-12(13)2/h2*5-10H,1-4H3;3*4-10H,1-3H3/q5*+1/i1D3;3D3;;;1D3. The zero-order valence-electron chi connectivity index (χ0n) is 56.8. The summed E-state index contributed by atoms with van der Waals surface area (Å²) in [5.74, 6) is 0. The third-order valence-corrected chi connectivity index (χ3v) is 13.8. The first-order chi connectivity index (χ1) is 40.4. The summed E-state index contributed by atoms with van der Waals surface area (Å²) in [5, 5.41) is 0. The molecule has 392 valence electrons. The third-order valence-electron chi connectivity index (χ3n) is 13.8. The Morgan fingerprint density at radius 2 is 0.688 bits per heavy atom. The lowest BCUT2D eigenvalue weighted by atomic mass is 10.0. The molecule has 5 heterocycles. The molecule has 0 saturated carbocycles. The fraction of sp³-hybridized carbons (Fsp3) is 0.236. The molecule has 0 N–H and O–H groups in total. The molecule has 5 aromatic carbocycles. The average Bonchev–Trinajstić information content (AvgIpc) is 1.90. The lowest BCUT2D eigenvalue weighted by Crippen LogP contribution is -2.32. The molecule has 5 heteroatoms. The number of aromatic nitrogens is 5. The van der Waals surface area contributed by atoms with Gasteiger partial charge in [-0.15, -0.1) is 0 Å². The summed E-state index contributed by atoms with van der Waals surface area (Å²) in [7, 11) is 9.83. The molecule has 5 nitrogen and oxygen atoms in total. The summed E-state index contributed by atoms with van der Waals surface area (Å²) >= 11 is 0. The number of pyridine rings is 5. The summed E-state index contributed by atoms with van der Waals surface area (Å²) in [6.45, 7) is 12.4. The van der Waals surface area contributed by atoms with Crippen LogP contribution in [0.25, 0.3) is 56.3 Å². The molecule has 0 aliphatic rings. The van der Waals surface area contributed by atoms with E-state index in [9.17, 15) is 0 Å². The van der Waals surface area contributed by atoms with Crippen LogP contribution in [-0.2, 0) is 35.2 Å². The fourth-order valence-corrected chi connectivity index (χ4v) is 9.55. The van der Waals surface area contributed by atoms with Crippen LogP contribution in [0, 0.1) is 82.9 Å². The molecule has 77 heavy (non-hydrogen) atoms.